The van der Waals surface area contributed by atoms with Gasteiger partial charge >= 0.3 is 5.97 Å². The highest BCUT2D eigenvalue weighted by molar-refractivity contribution is 6.83. The molecule has 0 saturated carbocycles. The maximum atomic E-state index is 13.2. The molecule has 0 radical (unpaired) electrons. The van der Waals surface area contributed by atoms with E-state index in [2.05, 4.69) is 17.1 Å². The zero-order valence-electron chi connectivity index (χ0n) is 19.5. The lowest BCUT2D eigenvalue weighted by Crippen LogP contribution is -2.57. The molecule has 1 aromatic carbocycles. The number of fused-ring (bicyclic) bond motifs is 1. The predicted octanol–water partition coefficient (Wildman–Crippen LogP) is 3.88. The van der Waals surface area contributed by atoms with E-state index >= 15 is 0 Å². The number of aliphatic carboxylic acids is 1. The highest BCUT2D eigenvalue weighted by Crippen LogP contribution is 2.29. The number of rotatable bonds is 10. The van der Waals surface area contributed by atoms with Crippen molar-refractivity contribution >= 4 is 29.0 Å². The van der Waals surface area contributed by atoms with Crippen LogP contribution in [0, 0.1) is 0 Å². The first-order valence-electron chi connectivity index (χ1n) is 11.2. The van der Waals surface area contributed by atoms with Gasteiger partial charge in [0.05, 0.1) is 5.71 Å². The van der Waals surface area contributed by atoms with Gasteiger partial charge in [0.15, 0.2) is 11.3 Å². The van der Waals surface area contributed by atoms with E-state index in [0.717, 1.165) is 37.0 Å². The van der Waals surface area contributed by atoms with Crippen molar-refractivity contribution in [3.8, 4) is 5.75 Å². The first-order chi connectivity index (χ1) is 15.1. The van der Waals surface area contributed by atoms with Gasteiger partial charge in [-0.2, -0.15) is 5.10 Å². The average Bonchev–Trinajstić information content (AvgIpc) is 3.14. The van der Waals surface area contributed by atoms with Crippen LogP contribution in [-0.4, -0.2) is 56.8 Å². The Labute approximate surface area is 189 Å². The number of aliphatic imine (C=N–C) groups is 1. The van der Waals surface area contributed by atoms with Gasteiger partial charge in [-0.1, -0.05) is 32.4 Å². The fraction of sp³-hybridized carbons (Fsp3) is 0.542. The summed E-state index contributed by atoms with van der Waals surface area (Å²) >= 11 is 0. The lowest BCUT2D eigenvalue weighted by atomic mass is 9.97. The molecule has 2 heterocycles. The highest BCUT2D eigenvalue weighted by atomic mass is 16.5. The van der Waals surface area contributed by atoms with Crippen LogP contribution in [0.1, 0.15) is 65.9 Å². The van der Waals surface area contributed by atoms with Gasteiger partial charge in [-0.25, -0.2) is 4.79 Å². The molecule has 0 saturated heterocycles. The second kappa shape index (κ2) is 9.22. The predicted molar refractivity (Wildman–Crippen MR) is 125 cm³/mol. The number of nitrogens with zero attached hydrogens (tertiary/aromatic N) is 4. The van der Waals surface area contributed by atoms with Crippen LogP contribution in [-0.2, 0) is 16.0 Å². The minimum atomic E-state index is -1.29. The summed E-state index contributed by atoms with van der Waals surface area (Å²) < 4.78 is 5.55. The lowest BCUT2D eigenvalue weighted by Gasteiger charge is -2.41. The Balaban J connectivity index is 1.64. The summed E-state index contributed by atoms with van der Waals surface area (Å²) in [6, 6.07) is 7.40. The first-order valence-corrected chi connectivity index (χ1v) is 11.2. The molecule has 0 spiro atoms. The van der Waals surface area contributed by atoms with Gasteiger partial charge in [0.1, 0.15) is 17.1 Å². The summed E-state index contributed by atoms with van der Waals surface area (Å²) in [5.41, 5.74) is 1.03. The van der Waals surface area contributed by atoms with Crippen molar-refractivity contribution in [2.45, 2.75) is 78.0 Å². The Morgan fingerprint density at radius 2 is 1.81 bits per heavy atom. The summed E-state index contributed by atoms with van der Waals surface area (Å²) in [6.45, 7) is 9.70. The van der Waals surface area contributed by atoms with Gasteiger partial charge in [-0.3, -0.25) is 9.79 Å². The van der Waals surface area contributed by atoms with E-state index in [1.54, 1.807) is 12.1 Å². The molecule has 0 bridgehead atoms. The smallest absolute Gasteiger partial charge is 0.347 e. The molecule has 0 aliphatic carbocycles. The summed E-state index contributed by atoms with van der Waals surface area (Å²) in [7, 11) is 0. The number of carbonyl (C=O) groups is 2. The number of aryl methyl sites for hydroxylation is 1. The van der Waals surface area contributed by atoms with Crippen LogP contribution in [0.5, 0.6) is 5.75 Å². The van der Waals surface area contributed by atoms with Crippen LogP contribution in [0.15, 0.2) is 39.5 Å². The maximum absolute atomic E-state index is 13.2. The minimum absolute atomic E-state index is 0.103. The van der Waals surface area contributed by atoms with E-state index < -0.39 is 17.2 Å². The Bertz CT molecular complexity index is 978. The second-order valence-corrected chi connectivity index (χ2v) is 8.90. The quantitative estimate of drug-likeness (QED) is 0.596. The third-order valence-electron chi connectivity index (χ3n) is 5.97. The molecule has 1 atom stereocenters. The molecule has 172 valence electrons. The van der Waals surface area contributed by atoms with Gasteiger partial charge in [-0.05, 0) is 64.2 Å². The summed E-state index contributed by atoms with van der Waals surface area (Å²) in [5, 5.41) is 17.5. The largest absolute Gasteiger partial charge is 0.478 e. The number of hydrogen-bond acceptors (Lipinski definition) is 6. The van der Waals surface area contributed by atoms with Gasteiger partial charge in [-0.15, -0.1) is 5.10 Å². The molecule has 0 fully saturated rings. The lowest BCUT2D eigenvalue weighted by molar-refractivity contribution is -0.152. The molecule has 1 unspecified atom stereocenters. The van der Waals surface area contributed by atoms with E-state index in [0.29, 0.717) is 30.1 Å². The Morgan fingerprint density at radius 1 is 1.12 bits per heavy atom. The van der Waals surface area contributed by atoms with E-state index in [9.17, 15) is 14.7 Å². The van der Waals surface area contributed by atoms with Crippen LogP contribution in [0.4, 0.5) is 0 Å². The molecule has 1 amide bonds. The molecule has 2 aliphatic rings. The monoisotopic (exact) mass is 440 g/mol. The van der Waals surface area contributed by atoms with Crippen molar-refractivity contribution in [1.82, 2.24) is 4.90 Å². The van der Waals surface area contributed by atoms with E-state index in [-0.39, 0.29) is 5.91 Å². The first kappa shape index (κ1) is 23.6. The second-order valence-electron chi connectivity index (χ2n) is 8.90. The number of benzene rings is 1. The van der Waals surface area contributed by atoms with E-state index in [1.807, 2.05) is 30.9 Å². The van der Waals surface area contributed by atoms with Crippen molar-refractivity contribution < 1.29 is 19.4 Å². The highest BCUT2D eigenvalue weighted by Gasteiger charge is 2.44. The topological polar surface area (TPSA) is 104 Å². The van der Waals surface area contributed by atoms with Crippen LogP contribution in [0.25, 0.3) is 0 Å². The molecule has 3 rings (SSSR count). The fourth-order valence-electron chi connectivity index (χ4n) is 3.77. The van der Waals surface area contributed by atoms with E-state index in [4.69, 9.17) is 9.73 Å². The zero-order valence-corrected chi connectivity index (χ0v) is 19.5. The fourth-order valence-corrected chi connectivity index (χ4v) is 3.77. The molecule has 1 N–H and O–H groups in total. The Hall–Kier alpha value is -3.03. The number of amides is 1. The molecule has 32 heavy (non-hydrogen) atoms. The van der Waals surface area contributed by atoms with Crippen LogP contribution in [0.2, 0.25) is 0 Å². The van der Waals surface area contributed by atoms with Crippen molar-refractivity contribution in [3.63, 3.8) is 0 Å². The standard InChI is InChI=1S/C24H32N4O4/c1-6-9-18-19-20(27-26-18)21(29)28(24(5,7-2)25-19)15-8-10-16-11-13-17(14-12-16)32-23(3,4)22(30)31/h11-14H,6-10,15H2,1-5H3,(H,30,31). The number of ether oxygens (including phenoxy) is 1. The molecular weight excluding hydrogens is 408 g/mol. The van der Waals surface area contributed by atoms with Crippen molar-refractivity contribution in [3.05, 3.63) is 29.8 Å². The molecule has 8 heteroatoms. The van der Waals surface area contributed by atoms with Crippen LogP contribution >= 0.6 is 0 Å². The molecule has 1 aromatic rings. The normalized spacial score (nSPS) is 20.5. The van der Waals surface area contributed by atoms with Crippen LogP contribution in [0.3, 0.4) is 0 Å². The maximum Gasteiger partial charge on any atom is 0.347 e. The molecule has 2 aliphatic heterocycles. The van der Waals surface area contributed by atoms with Gasteiger partial charge in [0, 0.05) is 6.54 Å². The number of carboxylic acids is 1. The Morgan fingerprint density at radius 3 is 2.41 bits per heavy atom. The Kier molecular flexibility index (Phi) is 6.81. The van der Waals surface area contributed by atoms with Gasteiger partial charge in [0.25, 0.3) is 5.91 Å². The van der Waals surface area contributed by atoms with Crippen LogP contribution < -0.4 is 4.74 Å². The van der Waals surface area contributed by atoms with E-state index in [1.165, 1.54) is 13.8 Å². The molecular formula is C24H32N4O4. The summed E-state index contributed by atoms with van der Waals surface area (Å²) in [5.74, 6) is -0.611. The number of carboxylic acid groups (broad SMARTS) is 1. The third kappa shape index (κ3) is 4.74. The van der Waals surface area contributed by atoms with Crippen molar-refractivity contribution in [1.29, 1.82) is 0 Å². The third-order valence-corrected chi connectivity index (χ3v) is 5.97. The molecule has 0 aromatic heterocycles. The zero-order chi connectivity index (χ0) is 23.5. The number of hydrogen-bond donors (Lipinski definition) is 1. The average molecular weight is 441 g/mol. The minimum Gasteiger partial charge on any atom is -0.478 e. The summed E-state index contributed by atoms with van der Waals surface area (Å²) in [6.07, 6.45) is 3.94. The van der Waals surface area contributed by atoms with Gasteiger partial charge < -0.3 is 14.7 Å². The van der Waals surface area contributed by atoms with Crippen molar-refractivity contribution in [2.75, 3.05) is 6.54 Å². The number of carbonyl (C=O) groups excluding carboxylic acids is 1. The van der Waals surface area contributed by atoms with Crippen molar-refractivity contribution in [2.24, 2.45) is 15.2 Å². The van der Waals surface area contributed by atoms with Gasteiger partial charge in [0.2, 0.25) is 0 Å². The SMILES string of the molecule is CCCC1=NN=C2C(=O)N(CCCc3ccc(OC(C)(C)C(=O)O)cc3)C(C)(CC)N=C12. The molecule has 8 nitrogen and oxygen atoms in total. The summed E-state index contributed by atoms with van der Waals surface area (Å²) in [4.78, 5) is 31.1.